The Balaban J connectivity index is 0.000000173. The van der Waals surface area contributed by atoms with Crippen molar-refractivity contribution in [3.05, 3.63) is 23.8 Å². The van der Waals surface area contributed by atoms with Gasteiger partial charge in [0.1, 0.15) is 0 Å². The normalized spacial score (nSPS) is 20.9. The van der Waals surface area contributed by atoms with Crippen molar-refractivity contribution in [3.8, 4) is 0 Å². The van der Waals surface area contributed by atoms with Gasteiger partial charge in [-0.2, -0.15) is 0 Å². The number of anilines is 1. The Morgan fingerprint density at radius 2 is 1.78 bits per heavy atom. The van der Waals surface area contributed by atoms with E-state index in [1.807, 2.05) is 0 Å². The fourth-order valence-electron chi connectivity index (χ4n) is 5.44. The highest BCUT2D eigenvalue weighted by molar-refractivity contribution is 5.88. The third kappa shape index (κ3) is 7.18. The van der Waals surface area contributed by atoms with Crippen LogP contribution in [-0.4, -0.2) is 80.7 Å². The fraction of sp³-hybridized carbons (Fsp3) is 0.704. The zero-order valence-corrected chi connectivity index (χ0v) is 22.1. The molecule has 1 aromatic heterocycles. The van der Waals surface area contributed by atoms with E-state index in [1.165, 1.54) is 19.3 Å². The van der Waals surface area contributed by atoms with Gasteiger partial charge in [-0.05, 0) is 25.5 Å². The lowest BCUT2D eigenvalue weighted by Gasteiger charge is -2.36. The Bertz CT molecular complexity index is 1010. The first kappa shape index (κ1) is 27.7. The van der Waals surface area contributed by atoms with Crippen LogP contribution < -0.4 is 10.2 Å². The van der Waals surface area contributed by atoms with E-state index in [0.29, 0.717) is 36.9 Å². The van der Waals surface area contributed by atoms with E-state index in [-0.39, 0.29) is 17.1 Å². The lowest BCUT2D eigenvalue weighted by Crippen LogP contribution is -2.46. The van der Waals surface area contributed by atoms with Crippen molar-refractivity contribution in [2.75, 3.05) is 57.9 Å². The van der Waals surface area contributed by atoms with Gasteiger partial charge in [0.25, 0.3) is 0 Å². The molecule has 3 heterocycles. The number of carbonyl (C=O) groups excluding carboxylic acids is 1. The summed E-state index contributed by atoms with van der Waals surface area (Å²) < 4.78 is 42.5. The second kappa shape index (κ2) is 13.0. The number of benzene rings is 1. The van der Waals surface area contributed by atoms with Gasteiger partial charge >= 0.3 is 0 Å². The Hall–Kier alpha value is -2.30. The molecule has 0 atom stereocenters. The summed E-state index contributed by atoms with van der Waals surface area (Å²) in [5.41, 5.74) is -0.0105. The van der Waals surface area contributed by atoms with Gasteiger partial charge < -0.3 is 29.1 Å². The molecule has 0 radical (unpaired) electrons. The van der Waals surface area contributed by atoms with Gasteiger partial charge in [0.2, 0.25) is 5.91 Å². The Labute approximate surface area is 217 Å². The van der Waals surface area contributed by atoms with Gasteiger partial charge in [0.05, 0.1) is 17.4 Å². The van der Waals surface area contributed by atoms with Crippen molar-refractivity contribution < 1.29 is 27.6 Å². The highest BCUT2D eigenvalue weighted by Gasteiger charge is 2.35. The quantitative estimate of drug-likeness (QED) is 0.607. The van der Waals surface area contributed by atoms with Crippen LogP contribution in [0.25, 0.3) is 11.0 Å². The number of hydrogen-bond donors (Lipinski definition) is 1. The summed E-state index contributed by atoms with van der Waals surface area (Å²) in [4.78, 5) is 16.5. The number of aromatic nitrogens is 1. The molecule has 0 unspecified atom stereocenters. The summed E-state index contributed by atoms with van der Waals surface area (Å²) in [6.07, 6.45) is 8.18. The second-order valence-electron chi connectivity index (χ2n) is 10.3. The van der Waals surface area contributed by atoms with Crippen molar-refractivity contribution in [1.29, 1.82) is 0 Å². The van der Waals surface area contributed by atoms with Crippen LogP contribution in [0.4, 0.5) is 14.6 Å². The summed E-state index contributed by atoms with van der Waals surface area (Å²) in [5, 5.41) is 7.65. The smallest absolute Gasteiger partial charge is 0.223 e. The molecule has 2 aromatic rings. The number of methoxy groups -OCH3 is 1. The molecular formula is C27H40F2N4O4. The Morgan fingerprint density at radius 1 is 1.11 bits per heavy atom. The molecule has 8 nitrogen and oxygen atoms in total. The lowest BCUT2D eigenvalue weighted by molar-refractivity contribution is -0.136. The van der Waals surface area contributed by atoms with E-state index in [2.05, 4.69) is 27.2 Å². The van der Waals surface area contributed by atoms with Crippen LogP contribution in [0.5, 0.6) is 0 Å². The molecule has 10 heteroatoms. The van der Waals surface area contributed by atoms with Crippen LogP contribution in [0.3, 0.4) is 0 Å². The molecule has 1 aliphatic carbocycles. The van der Waals surface area contributed by atoms with Gasteiger partial charge in [-0.3, -0.25) is 4.79 Å². The monoisotopic (exact) mass is 522 g/mol. The molecule has 1 amide bonds. The molecule has 0 bridgehead atoms. The van der Waals surface area contributed by atoms with Crippen LogP contribution in [0.15, 0.2) is 16.7 Å². The summed E-state index contributed by atoms with van der Waals surface area (Å²) in [6.45, 7) is 8.05. The maximum atomic E-state index is 13.3. The van der Waals surface area contributed by atoms with Gasteiger partial charge in [-0.15, -0.1) is 0 Å². The van der Waals surface area contributed by atoms with Crippen molar-refractivity contribution >= 4 is 22.7 Å². The zero-order valence-electron chi connectivity index (χ0n) is 22.1. The molecule has 1 saturated carbocycles. The van der Waals surface area contributed by atoms with Crippen LogP contribution >= 0.6 is 0 Å². The first-order valence-corrected chi connectivity index (χ1v) is 13.6. The average Bonchev–Trinajstić information content (AvgIpc) is 3.32. The van der Waals surface area contributed by atoms with Crippen molar-refractivity contribution in [2.24, 2.45) is 0 Å². The molecule has 206 valence electrons. The fourth-order valence-corrected chi connectivity index (χ4v) is 5.44. The molecule has 0 spiro atoms. The van der Waals surface area contributed by atoms with E-state index >= 15 is 0 Å². The number of nitrogens with one attached hydrogen (secondary N) is 1. The maximum Gasteiger partial charge on any atom is 0.223 e. The molecule has 5 rings (SSSR count). The number of rotatable bonds is 6. The number of nitrogens with zero attached hydrogens (tertiary/aromatic N) is 3. The number of fused-ring (bicyclic) bond motifs is 1. The van der Waals surface area contributed by atoms with Crippen molar-refractivity contribution in [3.63, 3.8) is 0 Å². The second-order valence-corrected chi connectivity index (χ2v) is 10.3. The predicted octanol–water partition coefficient (Wildman–Crippen LogP) is 4.27. The highest BCUT2D eigenvalue weighted by Crippen LogP contribution is 2.29. The molecule has 2 saturated heterocycles. The number of carbonyl (C=O) groups is 1. The van der Waals surface area contributed by atoms with Gasteiger partial charge in [-0.1, -0.05) is 31.3 Å². The number of likely N-dealkylation sites (N-methyl/N-ethyl adjacent to an activating group) is 1. The van der Waals surface area contributed by atoms with Crippen molar-refractivity contribution in [1.82, 2.24) is 15.4 Å². The third-order valence-corrected chi connectivity index (χ3v) is 7.90. The summed E-state index contributed by atoms with van der Waals surface area (Å²) in [7, 11) is 1.71. The number of piperazine rings is 1. The van der Waals surface area contributed by atoms with Crippen molar-refractivity contribution in [2.45, 2.75) is 69.9 Å². The standard InChI is InChI=1S/C14H25NO3.C13H15F2N3O/c1-17-14(7-9-18-10-8-14)11-13(16)15-12-5-3-2-4-6-12;1-2-17-3-5-18(6-4-17)13-9-7-10(14)11(15)8-12(9)19-16-13/h12H,2-11H2,1H3,(H,15,16);7-8H,2-6H2,1H3. The van der Waals surface area contributed by atoms with E-state index in [0.717, 1.165) is 70.5 Å². The first-order chi connectivity index (χ1) is 17.9. The maximum absolute atomic E-state index is 13.3. The molecule has 1 aromatic carbocycles. The number of halogens is 2. The van der Waals surface area contributed by atoms with E-state index < -0.39 is 11.6 Å². The molecule has 2 aliphatic heterocycles. The van der Waals surface area contributed by atoms with Crippen LogP contribution in [0.2, 0.25) is 0 Å². The Kier molecular flexibility index (Phi) is 9.72. The molecule has 3 aliphatic rings. The minimum atomic E-state index is -0.911. The van der Waals surface area contributed by atoms with E-state index in [9.17, 15) is 13.6 Å². The van der Waals surface area contributed by atoms with Gasteiger partial charge in [0.15, 0.2) is 23.0 Å². The number of amides is 1. The number of hydrogen-bond acceptors (Lipinski definition) is 7. The number of ether oxygens (including phenoxy) is 2. The average molecular weight is 523 g/mol. The van der Waals surface area contributed by atoms with Gasteiger partial charge in [0, 0.05) is 71.5 Å². The minimum absolute atomic E-state index is 0.144. The molecular weight excluding hydrogens is 482 g/mol. The van der Waals surface area contributed by atoms with Crippen LogP contribution in [0, 0.1) is 11.6 Å². The predicted molar refractivity (Wildman–Crippen MR) is 138 cm³/mol. The highest BCUT2D eigenvalue weighted by atomic mass is 19.2. The summed E-state index contributed by atoms with van der Waals surface area (Å²) in [6, 6.07) is 2.59. The third-order valence-electron chi connectivity index (χ3n) is 7.90. The van der Waals surface area contributed by atoms with Crippen LogP contribution in [0.1, 0.15) is 58.3 Å². The summed E-state index contributed by atoms with van der Waals surface area (Å²) in [5.74, 6) is -1.04. The zero-order chi connectivity index (χ0) is 26.3. The topological polar surface area (TPSA) is 80.1 Å². The van der Waals surface area contributed by atoms with E-state index in [4.69, 9.17) is 14.0 Å². The molecule has 37 heavy (non-hydrogen) atoms. The largest absolute Gasteiger partial charge is 0.381 e. The molecule has 1 N–H and O–H groups in total. The van der Waals surface area contributed by atoms with Crippen LogP contribution in [-0.2, 0) is 14.3 Å². The minimum Gasteiger partial charge on any atom is -0.381 e. The van der Waals surface area contributed by atoms with Gasteiger partial charge in [-0.25, -0.2) is 8.78 Å². The Morgan fingerprint density at radius 3 is 2.43 bits per heavy atom. The summed E-state index contributed by atoms with van der Waals surface area (Å²) >= 11 is 0. The van der Waals surface area contributed by atoms with E-state index in [1.54, 1.807) is 7.11 Å². The first-order valence-electron chi connectivity index (χ1n) is 13.6. The molecule has 3 fully saturated rings. The lowest BCUT2D eigenvalue weighted by atomic mass is 9.89. The SMILES string of the molecule is CCN1CCN(c2noc3cc(F)c(F)cc23)CC1.COC1(CC(=O)NC2CCCCC2)CCOCC1.